The molecule has 3 rings (SSSR count). The lowest BCUT2D eigenvalue weighted by Crippen LogP contribution is -2.53. The summed E-state index contributed by atoms with van der Waals surface area (Å²) in [5.41, 5.74) is 0.599. The van der Waals surface area contributed by atoms with E-state index in [-0.39, 0.29) is 43.8 Å². The Kier molecular flexibility index (Phi) is 11.1. The topological polar surface area (TPSA) is 181 Å². The van der Waals surface area contributed by atoms with Crippen LogP contribution in [0.3, 0.4) is 0 Å². The Morgan fingerprint density at radius 3 is 2.42 bits per heavy atom. The van der Waals surface area contributed by atoms with Gasteiger partial charge >= 0.3 is 18.0 Å². The second kappa shape index (κ2) is 14.5. The Morgan fingerprint density at radius 2 is 1.82 bits per heavy atom. The molecule has 0 unspecified atom stereocenters. The number of aliphatic carboxylic acids is 2. The van der Waals surface area contributed by atoms with E-state index < -0.39 is 29.9 Å². The van der Waals surface area contributed by atoms with Crippen LogP contribution >= 0.6 is 0 Å². The van der Waals surface area contributed by atoms with Crippen LogP contribution in [0.25, 0.3) is 0 Å². The quantitative estimate of drug-likeness (QED) is 0.189. The van der Waals surface area contributed by atoms with E-state index in [4.69, 9.17) is 4.74 Å². The van der Waals surface area contributed by atoms with Gasteiger partial charge in [0.2, 0.25) is 5.91 Å². The molecule has 2 aliphatic heterocycles. The standard InChI is InChI=1S/C25H37N5O8/c31-19-5-3-17(4-6-19)14-21(24(35)36)28-25(37)30(9-8-29-10-12-38-13-11-29)16-18(23(33)34)15-27-22(32)20-2-1-7-26-20/h3-6,18,20-21,26,31H,1-2,7-16H2,(H,27,32)(H,28,37)(H,33,34)(H,35,36)/t18-,20+,21+/m1/s1. The summed E-state index contributed by atoms with van der Waals surface area (Å²) in [6, 6.07) is 3.65. The lowest BCUT2D eigenvalue weighted by molar-refractivity contribution is -0.142. The van der Waals surface area contributed by atoms with Gasteiger partial charge in [0.1, 0.15) is 11.8 Å². The number of carboxylic acid groups (broad SMARTS) is 2. The minimum absolute atomic E-state index is 0.0224. The van der Waals surface area contributed by atoms with Crippen LogP contribution in [0.5, 0.6) is 5.75 Å². The number of ether oxygens (including phenoxy) is 1. The molecule has 0 aromatic heterocycles. The van der Waals surface area contributed by atoms with Crippen molar-refractivity contribution in [1.82, 2.24) is 25.8 Å². The van der Waals surface area contributed by atoms with E-state index in [2.05, 4.69) is 20.9 Å². The molecule has 2 fully saturated rings. The van der Waals surface area contributed by atoms with E-state index in [0.29, 0.717) is 44.8 Å². The fraction of sp³-hybridized carbons (Fsp3) is 0.600. The van der Waals surface area contributed by atoms with Crippen molar-refractivity contribution in [2.24, 2.45) is 5.92 Å². The van der Waals surface area contributed by atoms with Gasteiger partial charge in [-0.05, 0) is 37.1 Å². The number of amides is 3. The van der Waals surface area contributed by atoms with E-state index in [9.17, 15) is 34.5 Å². The number of carboxylic acids is 2. The first-order valence-corrected chi connectivity index (χ1v) is 12.8. The first-order valence-electron chi connectivity index (χ1n) is 12.8. The molecule has 210 valence electrons. The molecule has 0 spiro atoms. The molecule has 1 aromatic carbocycles. The highest BCUT2D eigenvalue weighted by Gasteiger charge is 2.30. The number of morpholine rings is 1. The van der Waals surface area contributed by atoms with Crippen molar-refractivity contribution in [3.05, 3.63) is 29.8 Å². The molecule has 0 radical (unpaired) electrons. The molecule has 6 N–H and O–H groups in total. The Morgan fingerprint density at radius 1 is 1.11 bits per heavy atom. The van der Waals surface area contributed by atoms with Gasteiger partial charge in [-0.15, -0.1) is 0 Å². The lowest BCUT2D eigenvalue weighted by atomic mass is 10.1. The van der Waals surface area contributed by atoms with Crippen LogP contribution in [0.4, 0.5) is 4.79 Å². The van der Waals surface area contributed by atoms with Crippen LogP contribution in [-0.2, 0) is 25.5 Å². The molecule has 38 heavy (non-hydrogen) atoms. The average Bonchev–Trinajstić information content (AvgIpc) is 3.44. The molecule has 0 saturated carbocycles. The number of nitrogens with one attached hydrogen (secondary N) is 3. The van der Waals surface area contributed by atoms with Gasteiger partial charge in [-0.3, -0.25) is 14.5 Å². The van der Waals surface area contributed by atoms with E-state index in [1.807, 2.05) is 0 Å². The molecule has 3 atom stereocenters. The number of carbonyl (C=O) groups is 4. The summed E-state index contributed by atoms with van der Waals surface area (Å²) in [7, 11) is 0. The number of carbonyl (C=O) groups excluding carboxylic acids is 2. The molecule has 2 aliphatic rings. The van der Waals surface area contributed by atoms with Gasteiger partial charge in [0.15, 0.2) is 0 Å². The number of aromatic hydroxyl groups is 1. The summed E-state index contributed by atoms with van der Waals surface area (Å²) in [4.78, 5) is 53.0. The van der Waals surface area contributed by atoms with Crippen molar-refractivity contribution in [1.29, 1.82) is 0 Å². The Bertz CT molecular complexity index is 948. The zero-order chi connectivity index (χ0) is 27.5. The zero-order valence-electron chi connectivity index (χ0n) is 21.3. The maximum atomic E-state index is 13.3. The zero-order valence-corrected chi connectivity index (χ0v) is 21.3. The number of benzene rings is 1. The van der Waals surface area contributed by atoms with Crippen molar-refractivity contribution >= 4 is 23.9 Å². The van der Waals surface area contributed by atoms with Crippen molar-refractivity contribution in [3.8, 4) is 5.75 Å². The number of nitrogens with zero attached hydrogens (tertiary/aromatic N) is 2. The largest absolute Gasteiger partial charge is 0.508 e. The summed E-state index contributed by atoms with van der Waals surface area (Å²) in [6.07, 6.45) is 1.52. The fourth-order valence-electron chi connectivity index (χ4n) is 4.42. The van der Waals surface area contributed by atoms with Crippen LogP contribution in [0, 0.1) is 5.92 Å². The van der Waals surface area contributed by atoms with Crippen LogP contribution < -0.4 is 16.0 Å². The monoisotopic (exact) mass is 535 g/mol. The van der Waals surface area contributed by atoms with Gasteiger partial charge in [-0.2, -0.15) is 0 Å². The number of rotatable bonds is 13. The second-order valence-corrected chi connectivity index (χ2v) is 9.54. The molecular formula is C25H37N5O8. The Labute approximate surface area is 221 Å². The number of phenols is 1. The molecule has 3 amide bonds. The third kappa shape index (κ3) is 9.15. The second-order valence-electron chi connectivity index (χ2n) is 9.54. The minimum Gasteiger partial charge on any atom is -0.508 e. The third-order valence-corrected chi connectivity index (χ3v) is 6.74. The minimum atomic E-state index is -1.27. The van der Waals surface area contributed by atoms with E-state index in [1.54, 1.807) is 12.1 Å². The molecule has 13 nitrogen and oxygen atoms in total. The first-order chi connectivity index (χ1) is 18.2. The fourth-order valence-corrected chi connectivity index (χ4v) is 4.42. The van der Waals surface area contributed by atoms with Crippen LogP contribution in [0.2, 0.25) is 0 Å². The van der Waals surface area contributed by atoms with Crippen LogP contribution in [0.1, 0.15) is 18.4 Å². The summed E-state index contributed by atoms with van der Waals surface area (Å²) in [5, 5.41) is 37.3. The number of phenolic OH excluding ortho intramolecular Hbond substituents is 1. The number of hydrogen-bond donors (Lipinski definition) is 6. The van der Waals surface area contributed by atoms with Gasteiger partial charge in [-0.1, -0.05) is 12.1 Å². The molecule has 13 heteroatoms. The third-order valence-electron chi connectivity index (χ3n) is 6.74. The van der Waals surface area contributed by atoms with Crippen LogP contribution in [0.15, 0.2) is 24.3 Å². The maximum absolute atomic E-state index is 13.3. The van der Waals surface area contributed by atoms with Gasteiger partial charge in [0.05, 0.1) is 25.2 Å². The molecule has 0 bridgehead atoms. The summed E-state index contributed by atoms with van der Waals surface area (Å²) >= 11 is 0. The number of hydrogen-bond acceptors (Lipinski definition) is 8. The van der Waals surface area contributed by atoms with Gasteiger partial charge in [-0.25, -0.2) is 9.59 Å². The first kappa shape index (κ1) is 29.1. The highest BCUT2D eigenvalue weighted by Crippen LogP contribution is 2.12. The summed E-state index contributed by atoms with van der Waals surface area (Å²) in [5.74, 6) is -3.75. The predicted octanol–water partition coefficient (Wildman–Crippen LogP) is -0.699. The van der Waals surface area contributed by atoms with E-state index in [1.165, 1.54) is 17.0 Å². The highest BCUT2D eigenvalue weighted by molar-refractivity contribution is 5.84. The maximum Gasteiger partial charge on any atom is 0.326 e. The SMILES string of the molecule is O=C(O)[C@H](CNC(=O)[C@@H]1CCCN1)CN(CCN1CCOCC1)C(=O)N[C@@H](Cc1ccc(O)cc1)C(=O)O. The molecular weight excluding hydrogens is 498 g/mol. The molecule has 0 aliphatic carbocycles. The van der Waals surface area contributed by atoms with Gasteiger partial charge in [0.25, 0.3) is 0 Å². The van der Waals surface area contributed by atoms with E-state index in [0.717, 1.165) is 13.0 Å². The summed E-state index contributed by atoms with van der Waals surface area (Å²) < 4.78 is 5.35. The highest BCUT2D eigenvalue weighted by atomic mass is 16.5. The van der Waals surface area contributed by atoms with Crippen molar-refractivity contribution in [2.45, 2.75) is 31.3 Å². The smallest absolute Gasteiger partial charge is 0.326 e. The van der Waals surface area contributed by atoms with E-state index >= 15 is 0 Å². The van der Waals surface area contributed by atoms with Crippen molar-refractivity contribution < 1.29 is 39.2 Å². The van der Waals surface area contributed by atoms with Crippen molar-refractivity contribution in [2.75, 3.05) is 59.0 Å². The normalized spacial score (nSPS) is 19.3. The molecule has 1 aromatic rings. The van der Waals surface area contributed by atoms with Gasteiger partial charge < -0.3 is 40.9 Å². The lowest BCUT2D eigenvalue weighted by Gasteiger charge is -2.32. The average molecular weight is 536 g/mol. The van der Waals surface area contributed by atoms with Gasteiger partial charge in [0, 0.05) is 45.7 Å². The summed E-state index contributed by atoms with van der Waals surface area (Å²) in [6.45, 7) is 3.42. The number of urea groups is 1. The Balaban J connectivity index is 1.67. The predicted molar refractivity (Wildman–Crippen MR) is 136 cm³/mol. The Hall–Kier alpha value is -3.42. The molecule has 2 heterocycles. The van der Waals surface area contributed by atoms with Crippen LogP contribution in [-0.4, -0.2) is 120 Å². The van der Waals surface area contributed by atoms with Crippen molar-refractivity contribution in [3.63, 3.8) is 0 Å². The molecule has 2 saturated heterocycles.